The van der Waals surface area contributed by atoms with Crippen molar-refractivity contribution in [3.05, 3.63) is 34.1 Å². The predicted octanol–water partition coefficient (Wildman–Crippen LogP) is 3.19. The molecular weight excluding hydrogens is 223 g/mol. The lowest BCUT2D eigenvalue weighted by Gasteiger charge is -2.12. The number of hydrogen-bond donors (Lipinski definition) is 1. The SMILES string of the molecule is CC(CNc1cccc(F)c1[N+](=O)[O-])C1CC1. The molecule has 17 heavy (non-hydrogen) atoms. The van der Waals surface area contributed by atoms with Gasteiger partial charge < -0.3 is 5.32 Å². The summed E-state index contributed by atoms with van der Waals surface area (Å²) in [5.41, 5.74) is -0.196. The molecule has 1 fully saturated rings. The van der Waals surface area contributed by atoms with Crippen LogP contribution in [0.5, 0.6) is 0 Å². The molecule has 1 aromatic rings. The Morgan fingerprint density at radius 2 is 2.29 bits per heavy atom. The minimum absolute atomic E-state index is 0.266. The first-order valence-corrected chi connectivity index (χ1v) is 5.76. The summed E-state index contributed by atoms with van der Waals surface area (Å²) in [7, 11) is 0. The Hall–Kier alpha value is -1.65. The average molecular weight is 238 g/mol. The summed E-state index contributed by atoms with van der Waals surface area (Å²) in [4.78, 5) is 10.1. The van der Waals surface area contributed by atoms with E-state index in [1.807, 2.05) is 0 Å². The van der Waals surface area contributed by atoms with Crippen LogP contribution >= 0.6 is 0 Å². The summed E-state index contributed by atoms with van der Waals surface area (Å²) in [6, 6.07) is 4.13. The second-order valence-corrected chi connectivity index (χ2v) is 4.59. The number of hydrogen-bond acceptors (Lipinski definition) is 3. The van der Waals surface area contributed by atoms with Crippen LogP contribution in [0, 0.1) is 27.8 Å². The molecule has 0 radical (unpaired) electrons. The zero-order valence-electron chi connectivity index (χ0n) is 9.65. The van der Waals surface area contributed by atoms with E-state index in [0.29, 0.717) is 12.5 Å². The first-order chi connectivity index (χ1) is 8.09. The van der Waals surface area contributed by atoms with Crippen molar-refractivity contribution in [1.29, 1.82) is 0 Å². The molecule has 1 saturated carbocycles. The van der Waals surface area contributed by atoms with Gasteiger partial charge in [0.15, 0.2) is 0 Å². The summed E-state index contributed by atoms with van der Waals surface area (Å²) in [5, 5.41) is 13.7. The van der Waals surface area contributed by atoms with Crippen molar-refractivity contribution in [2.24, 2.45) is 11.8 Å². The molecule has 0 bridgehead atoms. The van der Waals surface area contributed by atoms with Crippen molar-refractivity contribution < 1.29 is 9.31 Å². The third kappa shape index (κ3) is 2.72. The van der Waals surface area contributed by atoms with Crippen molar-refractivity contribution in [3.8, 4) is 0 Å². The molecule has 1 atom stereocenters. The predicted molar refractivity (Wildman–Crippen MR) is 63.4 cm³/mol. The molecule has 2 rings (SSSR count). The second kappa shape index (κ2) is 4.69. The van der Waals surface area contributed by atoms with Gasteiger partial charge in [0.05, 0.1) is 4.92 Å². The van der Waals surface area contributed by atoms with E-state index in [4.69, 9.17) is 0 Å². The Morgan fingerprint density at radius 3 is 2.88 bits per heavy atom. The van der Waals surface area contributed by atoms with Gasteiger partial charge in [-0.3, -0.25) is 10.1 Å². The van der Waals surface area contributed by atoms with E-state index in [9.17, 15) is 14.5 Å². The maximum absolute atomic E-state index is 13.3. The van der Waals surface area contributed by atoms with Crippen LogP contribution in [-0.2, 0) is 0 Å². The molecule has 1 aliphatic rings. The molecule has 0 aromatic heterocycles. The van der Waals surface area contributed by atoms with Crippen LogP contribution in [0.4, 0.5) is 15.8 Å². The van der Waals surface area contributed by atoms with E-state index >= 15 is 0 Å². The number of nitrogens with zero attached hydrogens (tertiary/aromatic N) is 1. The molecule has 5 heteroatoms. The summed E-state index contributed by atoms with van der Waals surface area (Å²) in [6.45, 7) is 2.75. The van der Waals surface area contributed by atoms with Gasteiger partial charge in [-0.15, -0.1) is 0 Å². The molecule has 1 N–H and O–H groups in total. The summed E-state index contributed by atoms with van der Waals surface area (Å²) in [5.74, 6) is 0.395. The van der Waals surface area contributed by atoms with Crippen molar-refractivity contribution in [2.45, 2.75) is 19.8 Å². The zero-order chi connectivity index (χ0) is 12.4. The van der Waals surface area contributed by atoms with Gasteiger partial charge in [-0.1, -0.05) is 13.0 Å². The fourth-order valence-corrected chi connectivity index (χ4v) is 1.95. The largest absolute Gasteiger partial charge is 0.379 e. The van der Waals surface area contributed by atoms with Gasteiger partial charge in [0.1, 0.15) is 5.69 Å². The van der Waals surface area contributed by atoms with Crippen molar-refractivity contribution in [3.63, 3.8) is 0 Å². The molecular formula is C12H15FN2O2. The minimum atomic E-state index is -0.793. The molecule has 0 aliphatic heterocycles. The normalized spacial score (nSPS) is 16.6. The Balaban J connectivity index is 2.08. The summed E-state index contributed by atoms with van der Waals surface area (Å²) in [6.07, 6.45) is 2.46. The van der Waals surface area contributed by atoms with Gasteiger partial charge in [0.25, 0.3) is 0 Å². The van der Waals surface area contributed by atoms with Gasteiger partial charge in [-0.2, -0.15) is 4.39 Å². The molecule has 0 spiro atoms. The standard InChI is InChI=1S/C12H15FN2O2/c1-8(9-5-6-9)7-14-11-4-2-3-10(13)12(11)15(16)17/h2-4,8-9,14H,5-7H2,1H3. The Bertz CT molecular complexity index is 433. The molecule has 92 valence electrons. The van der Waals surface area contributed by atoms with Crippen LogP contribution in [0.3, 0.4) is 0 Å². The topological polar surface area (TPSA) is 55.2 Å². The monoisotopic (exact) mass is 238 g/mol. The molecule has 1 aliphatic carbocycles. The third-order valence-corrected chi connectivity index (χ3v) is 3.21. The Kier molecular flexibility index (Phi) is 3.26. The average Bonchev–Trinajstić information content (AvgIpc) is 3.08. The van der Waals surface area contributed by atoms with Crippen LogP contribution in [0.2, 0.25) is 0 Å². The zero-order valence-corrected chi connectivity index (χ0v) is 9.65. The highest BCUT2D eigenvalue weighted by atomic mass is 19.1. The molecule has 0 heterocycles. The third-order valence-electron chi connectivity index (χ3n) is 3.21. The number of nitrogens with one attached hydrogen (secondary N) is 1. The van der Waals surface area contributed by atoms with Crippen molar-refractivity contribution in [1.82, 2.24) is 0 Å². The fraction of sp³-hybridized carbons (Fsp3) is 0.500. The van der Waals surface area contributed by atoms with Crippen LogP contribution in [0.15, 0.2) is 18.2 Å². The first kappa shape index (κ1) is 11.8. The number of rotatable bonds is 5. The van der Waals surface area contributed by atoms with Crippen LogP contribution < -0.4 is 5.32 Å². The van der Waals surface area contributed by atoms with E-state index in [1.54, 1.807) is 6.07 Å². The van der Waals surface area contributed by atoms with E-state index in [-0.39, 0.29) is 5.69 Å². The van der Waals surface area contributed by atoms with E-state index in [0.717, 1.165) is 12.0 Å². The number of halogens is 1. The number of nitro groups is 1. The maximum atomic E-state index is 13.3. The first-order valence-electron chi connectivity index (χ1n) is 5.76. The molecule has 0 amide bonds. The highest BCUT2D eigenvalue weighted by Gasteiger charge is 2.28. The number of anilines is 1. The number of nitro benzene ring substituents is 1. The summed E-state index contributed by atoms with van der Waals surface area (Å²) >= 11 is 0. The van der Waals surface area contributed by atoms with Crippen LogP contribution in [0.25, 0.3) is 0 Å². The quantitative estimate of drug-likeness (QED) is 0.633. The van der Waals surface area contributed by atoms with Gasteiger partial charge >= 0.3 is 5.69 Å². The molecule has 1 unspecified atom stereocenters. The minimum Gasteiger partial charge on any atom is -0.379 e. The van der Waals surface area contributed by atoms with Crippen molar-refractivity contribution in [2.75, 3.05) is 11.9 Å². The van der Waals surface area contributed by atoms with Gasteiger partial charge in [-0.05, 0) is 36.8 Å². The highest BCUT2D eigenvalue weighted by Crippen LogP contribution is 2.37. The summed E-state index contributed by atoms with van der Waals surface area (Å²) < 4.78 is 13.3. The molecule has 1 aromatic carbocycles. The van der Waals surface area contributed by atoms with E-state index in [1.165, 1.54) is 18.9 Å². The van der Waals surface area contributed by atoms with E-state index in [2.05, 4.69) is 12.2 Å². The van der Waals surface area contributed by atoms with Crippen molar-refractivity contribution >= 4 is 11.4 Å². The van der Waals surface area contributed by atoms with Gasteiger partial charge in [0, 0.05) is 6.54 Å². The smallest absolute Gasteiger partial charge is 0.327 e. The Morgan fingerprint density at radius 1 is 1.59 bits per heavy atom. The molecule has 4 nitrogen and oxygen atoms in total. The second-order valence-electron chi connectivity index (χ2n) is 4.59. The van der Waals surface area contributed by atoms with Gasteiger partial charge in [0.2, 0.25) is 5.82 Å². The lowest BCUT2D eigenvalue weighted by Crippen LogP contribution is -2.14. The van der Waals surface area contributed by atoms with Gasteiger partial charge in [-0.25, -0.2) is 0 Å². The Labute approximate surface area is 99.0 Å². The fourth-order valence-electron chi connectivity index (χ4n) is 1.95. The lowest BCUT2D eigenvalue weighted by atomic mass is 10.1. The van der Waals surface area contributed by atoms with E-state index < -0.39 is 16.4 Å². The highest BCUT2D eigenvalue weighted by molar-refractivity contribution is 5.61. The van der Waals surface area contributed by atoms with Crippen LogP contribution in [-0.4, -0.2) is 11.5 Å². The number of benzene rings is 1. The molecule has 0 saturated heterocycles. The maximum Gasteiger partial charge on any atom is 0.327 e. The van der Waals surface area contributed by atoms with Crippen LogP contribution in [0.1, 0.15) is 19.8 Å². The number of para-hydroxylation sites is 1. The lowest BCUT2D eigenvalue weighted by molar-refractivity contribution is -0.386.